The summed E-state index contributed by atoms with van der Waals surface area (Å²) in [6.45, 7) is 0. The highest BCUT2D eigenvalue weighted by atomic mass is 16.4. The van der Waals surface area contributed by atoms with Gasteiger partial charge in [0.15, 0.2) is 0 Å². The maximum atomic E-state index is 10.5. The summed E-state index contributed by atoms with van der Waals surface area (Å²) in [5, 5.41) is 25.7. The summed E-state index contributed by atoms with van der Waals surface area (Å²) in [4.78, 5) is 21.1. The number of carboxylic acids is 2. The van der Waals surface area contributed by atoms with E-state index >= 15 is 0 Å². The molecule has 0 radical (unpaired) electrons. The highest BCUT2D eigenvalue weighted by Crippen LogP contribution is 2.09. The maximum absolute atomic E-state index is 10.5. The second-order valence-corrected chi connectivity index (χ2v) is 2.90. The third-order valence-electron chi connectivity index (χ3n) is 1.82. The minimum absolute atomic E-state index is 0.103. The molecular weight excluding hydrogens is 210 g/mol. The van der Waals surface area contributed by atoms with E-state index in [9.17, 15) is 9.59 Å². The first kappa shape index (κ1) is 11.5. The van der Waals surface area contributed by atoms with Crippen LogP contribution in [-0.2, 0) is 4.79 Å². The van der Waals surface area contributed by atoms with Crippen LogP contribution < -0.4 is 0 Å². The van der Waals surface area contributed by atoms with Crippen LogP contribution >= 0.6 is 0 Å². The second kappa shape index (κ2) is 4.75. The van der Waals surface area contributed by atoms with Gasteiger partial charge in [0.1, 0.15) is 11.6 Å². The van der Waals surface area contributed by atoms with Crippen LogP contribution in [0.5, 0.6) is 0 Å². The molecule has 0 unspecified atom stereocenters. The van der Waals surface area contributed by atoms with Gasteiger partial charge in [-0.1, -0.05) is 12.1 Å². The lowest BCUT2D eigenvalue weighted by atomic mass is 10.1. The Balaban J connectivity index is 3.04. The van der Waals surface area contributed by atoms with E-state index in [0.29, 0.717) is 5.56 Å². The first-order valence-electron chi connectivity index (χ1n) is 4.23. The molecular formula is C11H7NO4. The van der Waals surface area contributed by atoms with E-state index < -0.39 is 17.5 Å². The minimum atomic E-state index is -1.31. The van der Waals surface area contributed by atoms with Crippen molar-refractivity contribution in [2.24, 2.45) is 0 Å². The zero-order valence-corrected chi connectivity index (χ0v) is 8.04. The molecule has 80 valence electrons. The summed E-state index contributed by atoms with van der Waals surface area (Å²) < 4.78 is 0. The van der Waals surface area contributed by atoms with Gasteiger partial charge in [0.2, 0.25) is 0 Å². The Morgan fingerprint density at radius 2 is 1.75 bits per heavy atom. The molecule has 0 aliphatic carbocycles. The summed E-state index contributed by atoms with van der Waals surface area (Å²) in [5.74, 6) is -2.38. The molecule has 1 rings (SSSR count). The average molecular weight is 217 g/mol. The zero-order valence-electron chi connectivity index (χ0n) is 8.04. The van der Waals surface area contributed by atoms with E-state index in [-0.39, 0.29) is 5.56 Å². The van der Waals surface area contributed by atoms with Crippen molar-refractivity contribution in [2.75, 3.05) is 0 Å². The Labute approximate surface area is 90.9 Å². The quantitative estimate of drug-likeness (QED) is 0.588. The molecule has 16 heavy (non-hydrogen) atoms. The molecule has 0 amide bonds. The van der Waals surface area contributed by atoms with Gasteiger partial charge in [-0.05, 0) is 23.8 Å². The van der Waals surface area contributed by atoms with Crippen molar-refractivity contribution >= 4 is 18.0 Å². The van der Waals surface area contributed by atoms with E-state index in [2.05, 4.69) is 0 Å². The Hall–Kier alpha value is -2.61. The fourth-order valence-electron chi connectivity index (χ4n) is 1.03. The Morgan fingerprint density at radius 1 is 1.19 bits per heavy atom. The molecule has 0 aliphatic heterocycles. The number of rotatable bonds is 3. The number of aliphatic carboxylic acids is 1. The van der Waals surface area contributed by atoms with Crippen LogP contribution in [0.15, 0.2) is 29.8 Å². The summed E-state index contributed by atoms with van der Waals surface area (Å²) in [6.07, 6.45) is 1.17. The molecule has 5 nitrogen and oxygen atoms in total. The fraction of sp³-hybridized carbons (Fsp3) is 0. The van der Waals surface area contributed by atoms with E-state index in [4.69, 9.17) is 15.5 Å². The molecule has 0 fully saturated rings. The van der Waals surface area contributed by atoms with Crippen molar-refractivity contribution in [3.05, 3.63) is 41.0 Å². The molecule has 0 atom stereocenters. The van der Waals surface area contributed by atoms with Gasteiger partial charge in [-0.2, -0.15) is 5.26 Å². The molecule has 0 aliphatic rings. The monoisotopic (exact) mass is 217 g/mol. The molecule has 1 aromatic carbocycles. The van der Waals surface area contributed by atoms with Gasteiger partial charge in [0.05, 0.1) is 5.56 Å². The lowest BCUT2D eigenvalue weighted by Crippen LogP contribution is -1.98. The lowest BCUT2D eigenvalue weighted by Gasteiger charge is -1.96. The molecule has 5 heteroatoms. The number of aromatic carboxylic acids is 1. The number of carbonyl (C=O) groups is 2. The third-order valence-corrected chi connectivity index (χ3v) is 1.82. The molecule has 0 aromatic heterocycles. The minimum Gasteiger partial charge on any atom is -0.478 e. The topological polar surface area (TPSA) is 98.4 Å². The second-order valence-electron chi connectivity index (χ2n) is 2.90. The summed E-state index contributed by atoms with van der Waals surface area (Å²) in [5.41, 5.74) is 0.165. The highest BCUT2D eigenvalue weighted by molar-refractivity contribution is 5.96. The normalized spacial score (nSPS) is 10.6. The molecule has 0 saturated heterocycles. The number of benzene rings is 1. The van der Waals surface area contributed by atoms with Crippen molar-refractivity contribution in [3.63, 3.8) is 0 Å². The Kier molecular flexibility index (Phi) is 3.41. The van der Waals surface area contributed by atoms with Crippen molar-refractivity contribution in [2.45, 2.75) is 0 Å². The average Bonchev–Trinajstić information content (AvgIpc) is 2.26. The summed E-state index contributed by atoms with van der Waals surface area (Å²) in [6, 6.07) is 7.08. The number of nitriles is 1. The Morgan fingerprint density at radius 3 is 2.12 bits per heavy atom. The lowest BCUT2D eigenvalue weighted by molar-refractivity contribution is -0.132. The zero-order chi connectivity index (χ0) is 12.1. The number of hydrogen-bond donors (Lipinski definition) is 2. The van der Waals surface area contributed by atoms with Gasteiger partial charge in [-0.25, -0.2) is 9.59 Å². The molecule has 0 spiro atoms. The number of nitrogens with zero attached hydrogens (tertiary/aromatic N) is 1. The van der Waals surface area contributed by atoms with Crippen molar-refractivity contribution in [1.82, 2.24) is 0 Å². The Bertz CT molecular complexity index is 494. The third kappa shape index (κ3) is 2.69. The summed E-state index contributed by atoms with van der Waals surface area (Å²) in [7, 11) is 0. The van der Waals surface area contributed by atoms with Crippen LogP contribution in [0, 0.1) is 11.3 Å². The van der Waals surface area contributed by atoms with Crippen LogP contribution in [-0.4, -0.2) is 22.2 Å². The smallest absolute Gasteiger partial charge is 0.346 e. The van der Waals surface area contributed by atoms with E-state index in [1.165, 1.54) is 36.4 Å². The predicted octanol–water partition coefficient (Wildman–Crippen LogP) is 1.38. The molecule has 0 saturated carbocycles. The van der Waals surface area contributed by atoms with Crippen LogP contribution in [0.2, 0.25) is 0 Å². The van der Waals surface area contributed by atoms with Gasteiger partial charge >= 0.3 is 11.9 Å². The number of hydrogen-bond acceptors (Lipinski definition) is 3. The van der Waals surface area contributed by atoms with Crippen molar-refractivity contribution < 1.29 is 19.8 Å². The van der Waals surface area contributed by atoms with E-state index in [1.807, 2.05) is 0 Å². The van der Waals surface area contributed by atoms with Gasteiger partial charge in [-0.15, -0.1) is 0 Å². The van der Waals surface area contributed by atoms with E-state index in [0.717, 1.165) is 0 Å². The molecule has 0 heterocycles. The van der Waals surface area contributed by atoms with Gasteiger partial charge in [0.25, 0.3) is 0 Å². The van der Waals surface area contributed by atoms with Crippen LogP contribution in [0.1, 0.15) is 15.9 Å². The maximum Gasteiger partial charge on any atom is 0.346 e. The number of carboxylic acid groups (broad SMARTS) is 2. The van der Waals surface area contributed by atoms with Crippen LogP contribution in [0.3, 0.4) is 0 Å². The van der Waals surface area contributed by atoms with E-state index in [1.54, 1.807) is 0 Å². The first-order chi connectivity index (χ1) is 7.54. The standard InChI is InChI=1S/C11H7NO4/c12-6-9(11(15)16)5-7-1-3-8(4-2-7)10(13)14/h1-5H,(H,13,14)(H,15,16). The molecule has 1 aromatic rings. The van der Waals surface area contributed by atoms with Crippen molar-refractivity contribution in [3.8, 4) is 6.07 Å². The fourth-order valence-corrected chi connectivity index (χ4v) is 1.03. The van der Waals surface area contributed by atoms with Crippen LogP contribution in [0.4, 0.5) is 0 Å². The van der Waals surface area contributed by atoms with Crippen LogP contribution in [0.25, 0.3) is 6.08 Å². The largest absolute Gasteiger partial charge is 0.478 e. The SMILES string of the molecule is N#CC(=Cc1ccc(C(=O)O)cc1)C(=O)O. The van der Waals surface area contributed by atoms with Gasteiger partial charge < -0.3 is 10.2 Å². The van der Waals surface area contributed by atoms with Gasteiger partial charge in [0, 0.05) is 0 Å². The molecule has 0 bridgehead atoms. The van der Waals surface area contributed by atoms with Gasteiger partial charge in [-0.3, -0.25) is 0 Å². The first-order valence-corrected chi connectivity index (χ1v) is 4.23. The summed E-state index contributed by atoms with van der Waals surface area (Å²) >= 11 is 0. The highest BCUT2D eigenvalue weighted by Gasteiger charge is 2.06. The van der Waals surface area contributed by atoms with Crippen molar-refractivity contribution in [1.29, 1.82) is 5.26 Å². The molecule has 2 N–H and O–H groups in total. The predicted molar refractivity (Wildman–Crippen MR) is 54.6 cm³/mol.